The van der Waals surface area contributed by atoms with E-state index in [1.54, 1.807) is 0 Å². The summed E-state index contributed by atoms with van der Waals surface area (Å²) in [6, 6.07) is 17.9. The fourth-order valence-corrected chi connectivity index (χ4v) is 3.32. The topological polar surface area (TPSA) is 38.0 Å². The SMILES string of the molecule is C=C1NC(=S)C(c2cccc(N)c2)C(=C)/C1=C/C=C/c1ccccc1. The first-order valence-corrected chi connectivity index (χ1v) is 8.45. The molecule has 2 aromatic rings. The molecule has 1 atom stereocenters. The van der Waals surface area contributed by atoms with Crippen LogP contribution in [0.2, 0.25) is 0 Å². The molecule has 124 valence electrons. The lowest BCUT2D eigenvalue weighted by Gasteiger charge is -2.31. The van der Waals surface area contributed by atoms with E-state index >= 15 is 0 Å². The maximum absolute atomic E-state index is 5.93. The lowest BCUT2D eigenvalue weighted by Crippen LogP contribution is -2.34. The number of nitrogen functional groups attached to an aromatic ring is 1. The van der Waals surface area contributed by atoms with E-state index in [4.69, 9.17) is 18.0 Å². The Labute approximate surface area is 154 Å². The van der Waals surface area contributed by atoms with Crippen LogP contribution in [0.15, 0.2) is 96.8 Å². The number of nitrogens with one attached hydrogen (secondary N) is 1. The van der Waals surface area contributed by atoms with Gasteiger partial charge in [-0.15, -0.1) is 0 Å². The van der Waals surface area contributed by atoms with Crippen molar-refractivity contribution in [3.63, 3.8) is 0 Å². The van der Waals surface area contributed by atoms with Crippen LogP contribution in [0.1, 0.15) is 17.0 Å². The molecule has 0 radical (unpaired) electrons. The van der Waals surface area contributed by atoms with Gasteiger partial charge in [-0.2, -0.15) is 0 Å². The van der Waals surface area contributed by atoms with Gasteiger partial charge in [-0.25, -0.2) is 0 Å². The molecule has 1 heterocycles. The minimum Gasteiger partial charge on any atom is -0.399 e. The predicted octanol–water partition coefficient (Wildman–Crippen LogP) is 4.99. The maximum Gasteiger partial charge on any atom is 0.0917 e. The quantitative estimate of drug-likeness (QED) is 0.608. The summed E-state index contributed by atoms with van der Waals surface area (Å²) in [7, 11) is 0. The highest BCUT2D eigenvalue weighted by molar-refractivity contribution is 7.80. The van der Waals surface area contributed by atoms with Crippen molar-refractivity contribution in [2.75, 3.05) is 5.73 Å². The summed E-state index contributed by atoms with van der Waals surface area (Å²) in [4.78, 5) is 0.699. The van der Waals surface area contributed by atoms with Crippen LogP contribution in [0.5, 0.6) is 0 Å². The molecule has 1 fully saturated rings. The first-order valence-electron chi connectivity index (χ1n) is 8.04. The number of thiocarbonyl (C=S) groups is 1. The summed E-state index contributed by atoms with van der Waals surface area (Å²) >= 11 is 5.53. The minimum absolute atomic E-state index is 0.0969. The van der Waals surface area contributed by atoms with Gasteiger partial charge in [0.2, 0.25) is 0 Å². The number of nitrogens with two attached hydrogens (primary N) is 1. The van der Waals surface area contributed by atoms with Gasteiger partial charge in [-0.1, -0.05) is 86.1 Å². The molecular formula is C22H20N2S. The zero-order valence-corrected chi connectivity index (χ0v) is 14.7. The maximum atomic E-state index is 5.93. The third kappa shape index (κ3) is 3.78. The van der Waals surface area contributed by atoms with Crippen molar-refractivity contribution in [3.8, 4) is 0 Å². The van der Waals surface area contributed by atoms with Crippen LogP contribution in [-0.4, -0.2) is 4.99 Å². The van der Waals surface area contributed by atoms with Crippen molar-refractivity contribution in [1.29, 1.82) is 0 Å². The highest BCUT2D eigenvalue weighted by atomic mass is 32.1. The average molecular weight is 344 g/mol. The normalized spacial score (nSPS) is 19.4. The Morgan fingerprint density at radius 1 is 1.04 bits per heavy atom. The predicted molar refractivity (Wildman–Crippen MR) is 111 cm³/mol. The van der Waals surface area contributed by atoms with E-state index in [9.17, 15) is 0 Å². The van der Waals surface area contributed by atoms with E-state index in [2.05, 4.69) is 36.7 Å². The number of hydrogen-bond donors (Lipinski definition) is 2. The Bertz CT molecular complexity index is 891. The molecule has 1 saturated heterocycles. The molecule has 2 nitrogen and oxygen atoms in total. The third-order valence-electron chi connectivity index (χ3n) is 4.15. The molecule has 25 heavy (non-hydrogen) atoms. The number of allylic oxidation sites excluding steroid dienone is 3. The van der Waals surface area contributed by atoms with Crippen molar-refractivity contribution >= 4 is 29.0 Å². The first kappa shape index (κ1) is 16.9. The Morgan fingerprint density at radius 2 is 1.80 bits per heavy atom. The summed E-state index contributed by atoms with van der Waals surface area (Å²) in [6.45, 7) is 8.36. The second kappa shape index (κ2) is 7.32. The molecule has 0 aromatic heterocycles. The monoisotopic (exact) mass is 344 g/mol. The zero-order valence-electron chi connectivity index (χ0n) is 13.9. The second-order valence-electron chi connectivity index (χ2n) is 5.95. The first-order chi connectivity index (χ1) is 12.1. The number of piperidine rings is 1. The molecule has 2 aromatic carbocycles. The van der Waals surface area contributed by atoms with Gasteiger partial charge in [0.25, 0.3) is 0 Å². The minimum atomic E-state index is -0.0969. The fraction of sp³-hybridized carbons (Fsp3) is 0.0455. The molecule has 0 saturated carbocycles. The van der Waals surface area contributed by atoms with Gasteiger partial charge in [-0.05, 0) is 28.8 Å². The lowest BCUT2D eigenvalue weighted by molar-refractivity contribution is 0.950. The van der Waals surface area contributed by atoms with Crippen LogP contribution in [-0.2, 0) is 0 Å². The van der Waals surface area contributed by atoms with Crippen molar-refractivity contribution in [2.45, 2.75) is 5.92 Å². The van der Waals surface area contributed by atoms with E-state index in [1.165, 1.54) is 0 Å². The van der Waals surface area contributed by atoms with Gasteiger partial charge in [0.1, 0.15) is 0 Å². The van der Waals surface area contributed by atoms with E-state index < -0.39 is 0 Å². The number of benzene rings is 2. The molecule has 0 aliphatic carbocycles. The van der Waals surface area contributed by atoms with E-state index in [-0.39, 0.29) is 5.92 Å². The fourth-order valence-electron chi connectivity index (χ4n) is 2.91. The van der Waals surface area contributed by atoms with Gasteiger partial charge in [0.05, 0.1) is 10.9 Å². The number of anilines is 1. The average Bonchev–Trinajstić information content (AvgIpc) is 2.58. The smallest absolute Gasteiger partial charge is 0.0917 e. The van der Waals surface area contributed by atoms with Crippen LogP contribution in [0.4, 0.5) is 5.69 Å². The molecule has 0 bridgehead atoms. The standard InChI is InChI=1S/C22H20N2S/c1-15-20(13-6-10-17-8-4-3-5-9-17)16(2)24-22(25)21(15)18-11-7-12-19(23)14-18/h3-14,21H,1-2,23H2,(H,24,25)/b10-6+,20-13-. The largest absolute Gasteiger partial charge is 0.399 e. The van der Waals surface area contributed by atoms with Crippen molar-refractivity contribution in [1.82, 2.24) is 5.32 Å². The van der Waals surface area contributed by atoms with Crippen LogP contribution < -0.4 is 11.1 Å². The van der Waals surface area contributed by atoms with E-state index in [0.717, 1.165) is 28.0 Å². The highest BCUT2D eigenvalue weighted by Crippen LogP contribution is 2.36. The van der Waals surface area contributed by atoms with Gasteiger partial charge in [0.15, 0.2) is 0 Å². The van der Waals surface area contributed by atoms with Crippen molar-refractivity contribution in [3.05, 3.63) is 108 Å². The molecule has 3 heteroatoms. The van der Waals surface area contributed by atoms with Crippen molar-refractivity contribution in [2.24, 2.45) is 0 Å². The molecule has 0 amide bonds. The van der Waals surface area contributed by atoms with Gasteiger partial charge < -0.3 is 11.1 Å². The molecule has 0 spiro atoms. The van der Waals surface area contributed by atoms with E-state index in [0.29, 0.717) is 10.7 Å². The zero-order chi connectivity index (χ0) is 17.8. The van der Waals surface area contributed by atoms with Gasteiger partial charge in [-0.3, -0.25) is 0 Å². The van der Waals surface area contributed by atoms with Crippen LogP contribution in [0.3, 0.4) is 0 Å². The van der Waals surface area contributed by atoms with Crippen molar-refractivity contribution < 1.29 is 0 Å². The molecular weight excluding hydrogens is 324 g/mol. The molecule has 1 unspecified atom stereocenters. The molecule has 1 aliphatic heterocycles. The Kier molecular flexibility index (Phi) is 4.96. The molecule has 3 rings (SSSR count). The van der Waals surface area contributed by atoms with Gasteiger partial charge >= 0.3 is 0 Å². The van der Waals surface area contributed by atoms with Crippen LogP contribution in [0, 0.1) is 0 Å². The highest BCUT2D eigenvalue weighted by Gasteiger charge is 2.29. The summed E-state index contributed by atoms with van der Waals surface area (Å²) in [5, 5.41) is 3.21. The van der Waals surface area contributed by atoms with E-state index in [1.807, 2.05) is 54.6 Å². The number of hydrogen-bond acceptors (Lipinski definition) is 2. The Balaban J connectivity index is 1.90. The summed E-state index contributed by atoms with van der Waals surface area (Å²) in [5.41, 5.74) is 11.5. The summed E-state index contributed by atoms with van der Waals surface area (Å²) in [6.07, 6.45) is 6.08. The number of rotatable bonds is 3. The lowest BCUT2D eigenvalue weighted by atomic mass is 9.83. The molecule has 1 aliphatic rings. The van der Waals surface area contributed by atoms with Gasteiger partial charge in [0, 0.05) is 17.0 Å². The summed E-state index contributed by atoms with van der Waals surface area (Å²) < 4.78 is 0. The Morgan fingerprint density at radius 3 is 2.52 bits per heavy atom. The van der Waals surface area contributed by atoms with Crippen LogP contribution in [0.25, 0.3) is 6.08 Å². The second-order valence-corrected chi connectivity index (χ2v) is 6.39. The third-order valence-corrected chi connectivity index (χ3v) is 4.49. The summed E-state index contributed by atoms with van der Waals surface area (Å²) in [5.74, 6) is -0.0969. The Hall–Kier alpha value is -2.91. The molecule has 3 N–H and O–H groups in total. The van der Waals surface area contributed by atoms with Crippen LogP contribution >= 0.6 is 12.2 Å².